The summed E-state index contributed by atoms with van der Waals surface area (Å²) in [5.41, 5.74) is 3.79. The maximum Gasteiger partial charge on any atom is 0.336 e. The van der Waals surface area contributed by atoms with E-state index in [4.69, 9.17) is 5.11 Å². The highest BCUT2D eigenvalue weighted by atomic mass is 16.4. The smallest absolute Gasteiger partial charge is 0.336 e. The van der Waals surface area contributed by atoms with Crippen LogP contribution >= 0.6 is 0 Å². The molecule has 0 aromatic heterocycles. The Morgan fingerprint density at radius 2 is 1.52 bits per heavy atom. The SMILES string of the molecule is Cc1ccc(C)c(C(=O)Nc2ccc(C)c(C(=O)O)c2)c1. The number of carboxylic acids is 1. The van der Waals surface area contributed by atoms with Gasteiger partial charge in [0.25, 0.3) is 5.91 Å². The van der Waals surface area contributed by atoms with Crippen molar-refractivity contribution < 1.29 is 14.7 Å². The first-order valence-electron chi connectivity index (χ1n) is 6.61. The summed E-state index contributed by atoms with van der Waals surface area (Å²) in [5.74, 6) is -1.24. The summed E-state index contributed by atoms with van der Waals surface area (Å²) in [5, 5.41) is 11.9. The minimum atomic E-state index is -1.00. The second-order valence-electron chi connectivity index (χ2n) is 5.11. The standard InChI is InChI=1S/C17H17NO3/c1-10-4-5-11(2)14(8-10)16(19)18-13-7-6-12(3)15(9-13)17(20)21/h4-9H,1-3H3,(H,18,19)(H,20,21). The third kappa shape index (κ3) is 3.28. The summed E-state index contributed by atoms with van der Waals surface area (Å²) >= 11 is 0. The van der Waals surface area contributed by atoms with Gasteiger partial charge in [-0.25, -0.2) is 4.79 Å². The molecule has 2 rings (SSSR count). The van der Waals surface area contributed by atoms with Gasteiger partial charge in [-0.3, -0.25) is 4.79 Å². The second kappa shape index (κ2) is 5.79. The molecule has 1 amide bonds. The minimum absolute atomic E-state index is 0.189. The molecule has 0 saturated carbocycles. The first-order chi connectivity index (χ1) is 9.88. The summed E-state index contributed by atoms with van der Waals surface area (Å²) in [4.78, 5) is 23.4. The number of carboxylic acid groups (broad SMARTS) is 1. The predicted octanol–water partition coefficient (Wildman–Crippen LogP) is 3.56. The molecule has 0 aliphatic carbocycles. The van der Waals surface area contributed by atoms with E-state index in [0.717, 1.165) is 11.1 Å². The number of aromatic carboxylic acids is 1. The fourth-order valence-electron chi connectivity index (χ4n) is 2.11. The van der Waals surface area contributed by atoms with Gasteiger partial charge in [0.05, 0.1) is 5.56 Å². The molecule has 108 valence electrons. The van der Waals surface area contributed by atoms with E-state index in [0.29, 0.717) is 16.8 Å². The number of hydrogen-bond donors (Lipinski definition) is 2. The number of amides is 1. The average molecular weight is 283 g/mol. The van der Waals surface area contributed by atoms with Crippen LogP contribution in [0.2, 0.25) is 0 Å². The molecule has 0 unspecified atom stereocenters. The van der Waals surface area contributed by atoms with Gasteiger partial charge in [-0.1, -0.05) is 23.8 Å². The highest BCUT2D eigenvalue weighted by molar-refractivity contribution is 6.06. The molecule has 0 spiro atoms. The second-order valence-corrected chi connectivity index (χ2v) is 5.11. The molecule has 0 fully saturated rings. The first kappa shape index (κ1) is 14.8. The molecule has 4 heteroatoms. The molecule has 2 aromatic rings. The van der Waals surface area contributed by atoms with Crippen LogP contribution in [-0.4, -0.2) is 17.0 Å². The lowest BCUT2D eigenvalue weighted by molar-refractivity contribution is 0.0695. The Kier molecular flexibility index (Phi) is 4.08. The molecule has 0 aliphatic rings. The maximum atomic E-state index is 12.3. The number of rotatable bonds is 3. The zero-order chi connectivity index (χ0) is 15.6. The van der Waals surface area contributed by atoms with E-state index in [-0.39, 0.29) is 11.5 Å². The molecule has 2 N–H and O–H groups in total. The molecular formula is C17H17NO3. The van der Waals surface area contributed by atoms with Gasteiger partial charge in [-0.2, -0.15) is 0 Å². The van der Waals surface area contributed by atoms with Crippen LogP contribution in [0, 0.1) is 20.8 Å². The van der Waals surface area contributed by atoms with Crippen LogP contribution in [0.4, 0.5) is 5.69 Å². The summed E-state index contributed by atoms with van der Waals surface area (Å²) in [6.07, 6.45) is 0. The monoisotopic (exact) mass is 283 g/mol. The first-order valence-corrected chi connectivity index (χ1v) is 6.61. The zero-order valence-electron chi connectivity index (χ0n) is 12.2. The topological polar surface area (TPSA) is 66.4 Å². The zero-order valence-corrected chi connectivity index (χ0v) is 12.2. The highest BCUT2D eigenvalue weighted by Gasteiger charge is 2.12. The molecule has 0 atom stereocenters. The van der Waals surface area contributed by atoms with E-state index in [1.54, 1.807) is 19.1 Å². The Balaban J connectivity index is 2.29. The Labute approximate surface area is 123 Å². The van der Waals surface area contributed by atoms with Gasteiger partial charge in [0, 0.05) is 11.3 Å². The van der Waals surface area contributed by atoms with Gasteiger partial charge < -0.3 is 10.4 Å². The van der Waals surface area contributed by atoms with Gasteiger partial charge in [-0.15, -0.1) is 0 Å². The van der Waals surface area contributed by atoms with E-state index in [1.807, 2.05) is 32.0 Å². The number of benzene rings is 2. The maximum absolute atomic E-state index is 12.3. The Morgan fingerprint density at radius 1 is 0.905 bits per heavy atom. The highest BCUT2D eigenvalue weighted by Crippen LogP contribution is 2.18. The van der Waals surface area contributed by atoms with E-state index in [1.165, 1.54) is 6.07 Å². The van der Waals surface area contributed by atoms with Gasteiger partial charge >= 0.3 is 5.97 Å². The largest absolute Gasteiger partial charge is 0.478 e. The molecule has 4 nitrogen and oxygen atoms in total. The summed E-state index contributed by atoms with van der Waals surface area (Å²) < 4.78 is 0. The molecule has 0 radical (unpaired) electrons. The van der Waals surface area contributed by atoms with Crippen LogP contribution in [-0.2, 0) is 0 Å². The molecule has 0 aliphatic heterocycles. The van der Waals surface area contributed by atoms with E-state index in [2.05, 4.69) is 5.32 Å². The fourth-order valence-corrected chi connectivity index (χ4v) is 2.11. The van der Waals surface area contributed by atoms with Crippen LogP contribution in [0.3, 0.4) is 0 Å². The predicted molar refractivity (Wildman–Crippen MR) is 82.0 cm³/mol. The van der Waals surface area contributed by atoms with Gasteiger partial charge in [-0.05, 0) is 50.1 Å². The molecule has 21 heavy (non-hydrogen) atoms. The lowest BCUT2D eigenvalue weighted by Gasteiger charge is -2.10. The lowest BCUT2D eigenvalue weighted by Crippen LogP contribution is -2.14. The van der Waals surface area contributed by atoms with Crippen molar-refractivity contribution in [3.63, 3.8) is 0 Å². The third-order valence-electron chi connectivity index (χ3n) is 3.36. The van der Waals surface area contributed by atoms with Crippen molar-refractivity contribution in [2.24, 2.45) is 0 Å². The van der Waals surface area contributed by atoms with Crippen molar-refractivity contribution in [1.29, 1.82) is 0 Å². The number of hydrogen-bond acceptors (Lipinski definition) is 2. The molecule has 0 bridgehead atoms. The van der Waals surface area contributed by atoms with Crippen LogP contribution in [0.1, 0.15) is 37.4 Å². The molecule has 2 aromatic carbocycles. The quantitative estimate of drug-likeness (QED) is 0.905. The van der Waals surface area contributed by atoms with E-state index >= 15 is 0 Å². The van der Waals surface area contributed by atoms with E-state index in [9.17, 15) is 9.59 Å². The van der Waals surface area contributed by atoms with Crippen molar-refractivity contribution in [3.05, 3.63) is 64.2 Å². The summed E-state index contributed by atoms with van der Waals surface area (Å²) in [7, 11) is 0. The summed E-state index contributed by atoms with van der Waals surface area (Å²) in [6.45, 7) is 5.51. The molecular weight excluding hydrogens is 266 g/mol. The van der Waals surface area contributed by atoms with Crippen molar-refractivity contribution in [2.45, 2.75) is 20.8 Å². The van der Waals surface area contributed by atoms with Crippen molar-refractivity contribution in [1.82, 2.24) is 0 Å². The normalized spacial score (nSPS) is 10.2. The van der Waals surface area contributed by atoms with Crippen LogP contribution in [0.5, 0.6) is 0 Å². The fraction of sp³-hybridized carbons (Fsp3) is 0.176. The number of carbonyl (C=O) groups is 2. The van der Waals surface area contributed by atoms with Crippen LogP contribution < -0.4 is 5.32 Å². The van der Waals surface area contributed by atoms with Crippen molar-refractivity contribution in [3.8, 4) is 0 Å². The minimum Gasteiger partial charge on any atom is -0.478 e. The van der Waals surface area contributed by atoms with Crippen molar-refractivity contribution in [2.75, 3.05) is 5.32 Å². The molecule has 0 saturated heterocycles. The lowest BCUT2D eigenvalue weighted by atomic mass is 10.0. The van der Waals surface area contributed by atoms with Gasteiger partial charge in [0.15, 0.2) is 0 Å². The van der Waals surface area contributed by atoms with Gasteiger partial charge in [0.1, 0.15) is 0 Å². The third-order valence-corrected chi connectivity index (χ3v) is 3.36. The van der Waals surface area contributed by atoms with Crippen LogP contribution in [0.15, 0.2) is 36.4 Å². The van der Waals surface area contributed by atoms with Crippen LogP contribution in [0.25, 0.3) is 0 Å². The average Bonchev–Trinajstić information content (AvgIpc) is 2.43. The number of anilines is 1. The van der Waals surface area contributed by atoms with Crippen molar-refractivity contribution >= 4 is 17.6 Å². The Hall–Kier alpha value is -2.62. The number of nitrogens with one attached hydrogen (secondary N) is 1. The Bertz CT molecular complexity index is 720. The van der Waals surface area contributed by atoms with E-state index < -0.39 is 5.97 Å². The summed E-state index contributed by atoms with van der Waals surface area (Å²) in [6, 6.07) is 10.5. The van der Waals surface area contributed by atoms with Gasteiger partial charge in [0.2, 0.25) is 0 Å². The molecule has 0 heterocycles. The Morgan fingerprint density at radius 3 is 2.19 bits per heavy atom. The number of carbonyl (C=O) groups excluding carboxylic acids is 1. The number of aryl methyl sites for hydroxylation is 3.